The average molecular weight is 228 g/mol. The van der Waals surface area contributed by atoms with Crippen LogP contribution >= 0.6 is 0 Å². The molecule has 0 amide bonds. The third kappa shape index (κ3) is 2.66. The van der Waals surface area contributed by atoms with Gasteiger partial charge in [-0.3, -0.25) is 0 Å². The van der Waals surface area contributed by atoms with Crippen molar-refractivity contribution in [3.8, 4) is 5.75 Å². The second-order valence-corrected chi connectivity index (χ2v) is 3.80. The molecule has 1 atom stereocenters. The van der Waals surface area contributed by atoms with E-state index in [-0.39, 0.29) is 6.10 Å². The van der Waals surface area contributed by atoms with Crippen LogP contribution in [0.2, 0.25) is 0 Å². The predicted molar refractivity (Wildman–Crippen MR) is 68.3 cm³/mol. The third-order valence-corrected chi connectivity index (χ3v) is 2.73. The van der Waals surface area contributed by atoms with E-state index in [4.69, 9.17) is 9.47 Å². The molecule has 0 aromatic heterocycles. The van der Waals surface area contributed by atoms with Crippen LogP contribution in [0.3, 0.4) is 0 Å². The van der Waals surface area contributed by atoms with E-state index < -0.39 is 0 Å². The van der Waals surface area contributed by atoms with Crippen molar-refractivity contribution in [3.05, 3.63) is 65.7 Å². The molecule has 0 spiro atoms. The summed E-state index contributed by atoms with van der Waals surface area (Å²) in [6.45, 7) is 0. The molecule has 0 bridgehead atoms. The van der Waals surface area contributed by atoms with Crippen molar-refractivity contribution < 1.29 is 9.47 Å². The molecular weight excluding hydrogens is 212 g/mol. The minimum absolute atomic E-state index is 0.0497. The molecule has 0 saturated carbocycles. The zero-order valence-corrected chi connectivity index (χ0v) is 10.1. The van der Waals surface area contributed by atoms with E-state index >= 15 is 0 Å². The Hall–Kier alpha value is -1.80. The lowest BCUT2D eigenvalue weighted by Gasteiger charge is -2.16. The number of hydrogen-bond donors (Lipinski definition) is 0. The highest BCUT2D eigenvalue weighted by Gasteiger charge is 2.13. The van der Waals surface area contributed by atoms with Gasteiger partial charge in [0, 0.05) is 7.11 Å². The summed E-state index contributed by atoms with van der Waals surface area (Å²) in [6.07, 6.45) is -0.0497. The Kier molecular flexibility index (Phi) is 3.78. The molecule has 0 radical (unpaired) electrons. The number of methoxy groups -OCH3 is 2. The van der Waals surface area contributed by atoms with Gasteiger partial charge in [-0.25, -0.2) is 0 Å². The van der Waals surface area contributed by atoms with Crippen molar-refractivity contribution in [2.75, 3.05) is 14.2 Å². The quantitative estimate of drug-likeness (QED) is 0.798. The molecule has 0 aliphatic carbocycles. The highest BCUT2D eigenvalue weighted by Crippen LogP contribution is 2.27. The molecule has 2 heteroatoms. The van der Waals surface area contributed by atoms with Gasteiger partial charge in [0.15, 0.2) is 0 Å². The van der Waals surface area contributed by atoms with Gasteiger partial charge in [-0.1, -0.05) is 42.5 Å². The lowest BCUT2D eigenvalue weighted by atomic mass is 10.0. The number of rotatable bonds is 4. The summed E-state index contributed by atoms with van der Waals surface area (Å²) in [5.41, 5.74) is 2.24. The Morgan fingerprint density at radius 1 is 0.824 bits per heavy atom. The first kappa shape index (κ1) is 11.7. The molecule has 0 heterocycles. The normalized spacial score (nSPS) is 12.1. The molecular formula is C15H16O2. The van der Waals surface area contributed by atoms with Crippen LogP contribution in [0.4, 0.5) is 0 Å². The molecule has 88 valence electrons. The van der Waals surface area contributed by atoms with Gasteiger partial charge in [-0.15, -0.1) is 0 Å². The standard InChI is InChI=1S/C15H16O2/c1-16-14-10-6-9-13(11-14)15(17-2)12-7-4-3-5-8-12/h3-11,15H,1-2H3/t15-/m0/s1. The zero-order chi connectivity index (χ0) is 12.1. The fourth-order valence-corrected chi connectivity index (χ4v) is 1.90. The monoisotopic (exact) mass is 228 g/mol. The minimum atomic E-state index is -0.0497. The Labute approximate surface area is 102 Å². The molecule has 0 aliphatic rings. The number of ether oxygens (including phenoxy) is 2. The summed E-state index contributed by atoms with van der Waals surface area (Å²) < 4.78 is 10.8. The third-order valence-electron chi connectivity index (χ3n) is 2.73. The van der Waals surface area contributed by atoms with Crippen molar-refractivity contribution in [2.45, 2.75) is 6.10 Å². The van der Waals surface area contributed by atoms with Crippen LogP contribution in [0.1, 0.15) is 17.2 Å². The average Bonchev–Trinajstić information content (AvgIpc) is 2.41. The van der Waals surface area contributed by atoms with Crippen LogP contribution in [0, 0.1) is 0 Å². The summed E-state index contributed by atoms with van der Waals surface area (Å²) in [5.74, 6) is 0.848. The van der Waals surface area contributed by atoms with E-state index in [2.05, 4.69) is 12.1 Å². The number of benzene rings is 2. The largest absolute Gasteiger partial charge is 0.497 e. The van der Waals surface area contributed by atoms with Crippen molar-refractivity contribution in [1.29, 1.82) is 0 Å². The van der Waals surface area contributed by atoms with E-state index in [0.29, 0.717) is 0 Å². The van der Waals surface area contributed by atoms with E-state index in [1.807, 2.05) is 42.5 Å². The molecule has 2 aromatic carbocycles. The molecule has 0 unspecified atom stereocenters. The van der Waals surface area contributed by atoms with Gasteiger partial charge >= 0.3 is 0 Å². The maximum atomic E-state index is 5.57. The molecule has 0 saturated heterocycles. The summed E-state index contributed by atoms with van der Waals surface area (Å²) in [4.78, 5) is 0. The fraction of sp³-hybridized carbons (Fsp3) is 0.200. The highest BCUT2D eigenvalue weighted by atomic mass is 16.5. The summed E-state index contributed by atoms with van der Waals surface area (Å²) in [5, 5.41) is 0. The van der Waals surface area contributed by atoms with Gasteiger partial charge in [0.2, 0.25) is 0 Å². The van der Waals surface area contributed by atoms with Crippen LogP contribution in [0.25, 0.3) is 0 Å². The van der Waals surface area contributed by atoms with Crippen LogP contribution in [-0.4, -0.2) is 14.2 Å². The highest BCUT2D eigenvalue weighted by molar-refractivity contribution is 5.35. The van der Waals surface area contributed by atoms with Crippen molar-refractivity contribution in [1.82, 2.24) is 0 Å². The lowest BCUT2D eigenvalue weighted by Crippen LogP contribution is -2.03. The molecule has 2 rings (SSSR count). The van der Waals surface area contributed by atoms with Gasteiger partial charge < -0.3 is 9.47 Å². The summed E-state index contributed by atoms with van der Waals surface area (Å²) >= 11 is 0. The van der Waals surface area contributed by atoms with Crippen LogP contribution in [-0.2, 0) is 4.74 Å². The second-order valence-electron chi connectivity index (χ2n) is 3.80. The van der Waals surface area contributed by atoms with E-state index in [1.54, 1.807) is 14.2 Å². The smallest absolute Gasteiger partial charge is 0.119 e. The van der Waals surface area contributed by atoms with Gasteiger partial charge in [0.1, 0.15) is 11.9 Å². The van der Waals surface area contributed by atoms with Crippen LogP contribution < -0.4 is 4.74 Å². The van der Waals surface area contributed by atoms with E-state index in [1.165, 1.54) is 0 Å². The Morgan fingerprint density at radius 3 is 2.18 bits per heavy atom. The summed E-state index contributed by atoms with van der Waals surface area (Å²) in [7, 11) is 3.39. The molecule has 0 fully saturated rings. The van der Waals surface area contributed by atoms with Gasteiger partial charge in [0.25, 0.3) is 0 Å². The topological polar surface area (TPSA) is 18.5 Å². The molecule has 17 heavy (non-hydrogen) atoms. The van der Waals surface area contributed by atoms with E-state index in [0.717, 1.165) is 16.9 Å². The predicted octanol–water partition coefficient (Wildman–Crippen LogP) is 3.43. The van der Waals surface area contributed by atoms with Crippen molar-refractivity contribution in [2.24, 2.45) is 0 Å². The molecule has 2 aromatic rings. The first-order valence-corrected chi connectivity index (χ1v) is 5.57. The van der Waals surface area contributed by atoms with E-state index in [9.17, 15) is 0 Å². The first-order valence-electron chi connectivity index (χ1n) is 5.57. The summed E-state index contributed by atoms with van der Waals surface area (Å²) in [6, 6.07) is 18.1. The SMILES string of the molecule is COc1cccc([C@@H](OC)c2ccccc2)c1. The Morgan fingerprint density at radius 2 is 1.53 bits per heavy atom. The van der Waals surface area contributed by atoms with Gasteiger partial charge in [-0.05, 0) is 23.3 Å². The molecule has 2 nitrogen and oxygen atoms in total. The Bertz CT molecular complexity index is 465. The van der Waals surface area contributed by atoms with Crippen LogP contribution in [0.5, 0.6) is 5.75 Å². The fourth-order valence-electron chi connectivity index (χ4n) is 1.90. The van der Waals surface area contributed by atoms with Crippen molar-refractivity contribution >= 4 is 0 Å². The molecule has 0 N–H and O–H groups in total. The Balaban J connectivity index is 2.35. The van der Waals surface area contributed by atoms with Gasteiger partial charge in [-0.2, -0.15) is 0 Å². The second kappa shape index (κ2) is 5.51. The first-order chi connectivity index (χ1) is 8.35. The minimum Gasteiger partial charge on any atom is -0.497 e. The van der Waals surface area contributed by atoms with Gasteiger partial charge in [0.05, 0.1) is 7.11 Å². The van der Waals surface area contributed by atoms with Crippen molar-refractivity contribution in [3.63, 3.8) is 0 Å². The van der Waals surface area contributed by atoms with Crippen LogP contribution in [0.15, 0.2) is 54.6 Å². The lowest BCUT2D eigenvalue weighted by molar-refractivity contribution is 0.136. The molecule has 0 aliphatic heterocycles. The zero-order valence-electron chi connectivity index (χ0n) is 10.1. The maximum Gasteiger partial charge on any atom is 0.119 e. The maximum absolute atomic E-state index is 5.57. The number of hydrogen-bond acceptors (Lipinski definition) is 2.